The number of amides is 1. The van der Waals surface area contributed by atoms with Gasteiger partial charge in [-0.25, -0.2) is 0 Å². The van der Waals surface area contributed by atoms with E-state index in [0.717, 1.165) is 6.42 Å². The summed E-state index contributed by atoms with van der Waals surface area (Å²) < 4.78 is 5.05. The molecule has 0 heterocycles. The van der Waals surface area contributed by atoms with E-state index in [-0.39, 0.29) is 12.5 Å². The van der Waals surface area contributed by atoms with Crippen molar-refractivity contribution in [2.24, 2.45) is 5.92 Å². The maximum Gasteiger partial charge on any atom is 0.251 e. The number of ether oxygens (including phenoxy) is 1. The molecule has 0 saturated carbocycles. The van der Waals surface area contributed by atoms with Gasteiger partial charge in [0.05, 0.1) is 12.7 Å². The van der Waals surface area contributed by atoms with Crippen LogP contribution in [-0.4, -0.2) is 30.3 Å². The van der Waals surface area contributed by atoms with Crippen molar-refractivity contribution >= 4 is 5.91 Å². The quantitative estimate of drug-likeness (QED) is 0.806. The highest BCUT2D eigenvalue weighted by Gasteiger charge is 2.21. The van der Waals surface area contributed by atoms with Crippen molar-refractivity contribution in [1.29, 1.82) is 0 Å². The van der Waals surface area contributed by atoms with E-state index in [1.54, 1.807) is 38.3 Å². The lowest BCUT2D eigenvalue weighted by molar-refractivity contribution is 0.0429. The molecular weight excluding hydrogens is 254 g/mol. The normalized spacial score (nSPS) is 13.9. The summed E-state index contributed by atoms with van der Waals surface area (Å²) in [5.74, 6) is 1.07. The second kappa shape index (κ2) is 7.29. The number of aliphatic hydroxyl groups is 1. The summed E-state index contributed by atoms with van der Waals surface area (Å²) >= 11 is 0. The zero-order valence-electron chi connectivity index (χ0n) is 12.8. The van der Waals surface area contributed by atoms with Crippen LogP contribution in [0.25, 0.3) is 0 Å². The molecule has 0 bridgehead atoms. The maximum atomic E-state index is 12.0. The van der Waals surface area contributed by atoms with Crippen LogP contribution in [0.2, 0.25) is 0 Å². The number of benzene rings is 1. The van der Waals surface area contributed by atoms with Crippen LogP contribution in [0.4, 0.5) is 0 Å². The molecule has 0 aliphatic rings. The first-order valence-electron chi connectivity index (χ1n) is 6.99. The van der Waals surface area contributed by atoms with E-state index in [4.69, 9.17) is 4.74 Å². The second-order valence-corrected chi connectivity index (χ2v) is 5.84. The number of hydrogen-bond acceptors (Lipinski definition) is 3. The third-order valence-corrected chi connectivity index (χ3v) is 3.24. The van der Waals surface area contributed by atoms with Gasteiger partial charge in [-0.2, -0.15) is 0 Å². The van der Waals surface area contributed by atoms with Gasteiger partial charge in [0.25, 0.3) is 5.91 Å². The lowest BCUT2D eigenvalue weighted by atomic mass is 9.95. The van der Waals surface area contributed by atoms with Gasteiger partial charge in [0, 0.05) is 12.1 Å². The van der Waals surface area contributed by atoms with Crippen LogP contribution in [0.1, 0.15) is 44.0 Å². The monoisotopic (exact) mass is 279 g/mol. The van der Waals surface area contributed by atoms with E-state index in [9.17, 15) is 9.90 Å². The largest absolute Gasteiger partial charge is 0.497 e. The summed E-state index contributed by atoms with van der Waals surface area (Å²) in [5, 5.41) is 13.0. The molecule has 0 aliphatic heterocycles. The second-order valence-electron chi connectivity index (χ2n) is 5.84. The first-order valence-corrected chi connectivity index (χ1v) is 6.99. The highest BCUT2D eigenvalue weighted by Crippen LogP contribution is 2.16. The topological polar surface area (TPSA) is 58.6 Å². The average molecular weight is 279 g/mol. The zero-order valence-corrected chi connectivity index (χ0v) is 12.8. The molecule has 1 aromatic rings. The van der Waals surface area contributed by atoms with Gasteiger partial charge in [-0.05, 0) is 49.9 Å². The Morgan fingerprint density at radius 3 is 2.45 bits per heavy atom. The molecule has 1 aromatic carbocycles. The summed E-state index contributed by atoms with van der Waals surface area (Å²) in [7, 11) is 1.58. The van der Waals surface area contributed by atoms with Crippen LogP contribution in [-0.2, 0) is 0 Å². The molecule has 0 saturated heterocycles. The fraction of sp³-hybridized carbons (Fsp3) is 0.562. The van der Waals surface area contributed by atoms with Gasteiger partial charge in [-0.3, -0.25) is 4.79 Å². The third kappa shape index (κ3) is 5.61. The Kier molecular flexibility index (Phi) is 6.02. The molecule has 0 fully saturated rings. The summed E-state index contributed by atoms with van der Waals surface area (Å²) in [6.45, 7) is 6.24. The summed E-state index contributed by atoms with van der Waals surface area (Å²) in [6, 6.07) is 6.89. The zero-order chi connectivity index (χ0) is 15.2. The predicted molar refractivity (Wildman–Crippen MR) is 80.0 cm³/mol. The first kappa shape index (κ1) is 16.5. The van der Waals surface area contributed by atoms with Crippen LogP contribution in [0.5, 0.6) is 5.75 Å². The molecule has 0 radical (unpaired) electrons. The molecule has 1 amide bonds. The molecule has 0 spiro atoms. The van der Waals surface area contributed by atoms with Gasteiger partial charge in [0.15, 0.2) is 0 Å². The SMILES string of the molecule is COc1ccc(C(=O)NCC(C)(O)CCC(C)C)cc1. The minimum Gasteiger partial charge on any atom is -0.497 e. The predicted octanol–water partition coefficient (Wildman–Crippen LogP) is 2.61. The average Bonchev–Trinajstić information content (AvgIpc) is 2.43. The van der Waals surface area contributed by atoms with Crippen molar-refractivity contribution in [3.8, 4) is 5.75 Å². The van der Waals surface area contributed by atoms with E-state index >= 15 is 0 Å². The van der Waals surface area contributed by atoms with Crippen LogP contribution in [0, 0.1) is 5.92 Å². The van der Waals surface area contributed by atoms with Gasteiger partial charge >= 0.3 is 0 Å². The first-order chi connectivity index (χ1) is 9.34. The van der Waals surface area contributed by atoms with Crippen LogP contribution < -0.4 is 10.1 Å². The molecule has 1 unspecified atom stereocenters. The number of carbonyl (C=O) groups excluding carboxylic acids is 1. The molecule has 1 atom stereocenters. The smallest absolute Gasteiger partial charge is 0.251 e. The molecular formula is C16H25NO3. The highest BCUT2D eigenvalue weighted by molar-refractivity contribution is 5.94. The molecule has 112 valence electrons. The van der Waals surface area contributed by atoms with E-state index < -0.39 is 5.60 Å². The van der Waals surface area contributed by atoms with Crippen LogP contribution in [0.3, 0.4) is 0 Å². The van der Waals surface area contributed by atoms with Gasteiger partial charge in [-0.15, -0.1) is 0 Å². The standard InChI is InChI=1S/C16H25NO3/c1-12(2)9-10-16(3,19)11-17-15(18)13-5-7-14(20-4)8-6-13/h5-8,12,19H,9-11H2,1-4H3,(H,17,18). The number of rotatable bonds is 7. The number of hydrogen-bond donors (Lipinski definition) is 2. The van der Waals surface area contributed by atoms with Gasteiger partial charge in [-0.1, -0.05) is 13.8 Å². The highest BCUT2D eigenvalue weighted by atomic mass is 16.5. The lowest BCUT2D eigenvalue weighted by Crippen LogP contribution is -2.40. The number of methoxy groups -OCH3 is 1. The van der Waals surface area contributed by atoms with Crippen LogP contribution >= 0.6 is 0 Å². The van der Waals surface area contributed by atoms with Crippen LogP contribution in [0.15, 0.2) is 24.3 Å². The Morgan fingerprint density at radius 1 is 1.35 bits per heavy atom. The maximum absolute atomic E-state index is 12.0. The van der Waals surface area contributed by atoms with Crippen molar-refractivity contribution in [3.05, 3.63) is 29.8 Å². The summed E-state index contributed by atoms with van der Waals surface area (Å²) in [4.78, 5) is 12.0. The van der Waals surface area contributed by atoms with Crippen molar-refractivity contribution in [2.45, 2.75) is 39.2 Å². The molecule has 0 aromatic heterocycles. The van der Waals surface area contributed by atoms with E-state index in [1.807, 2.05) is 0 Å². The van der Waals surface area contributed by atoms with Crippen molar-refractivity contribution in [1.82, 2.24) is 5.32 Å². The Morgan fingerprint density at radius 2 is 1.95 bits per heavy atom. The van der Waals surface area contributed by atoms with Gasteiger partial charge in [0.2, 0.25) is 0 Å². The summed E-state index contributed by atoms with van der Waals surface area (Å²) in [5.41, 5.74) is -0.308. The van der Waals surface area contributed by atoms with Crippen molar-refractivity contribution in [2.75, 3.05) is 13.7 Å². The Labute approximate surface area is 121 Å². The van der Waals surface area contributed by atoms with E-state index in [1.165, 1.54) is 0 Å². The minimum absolute atomic E-state index is 0.183. The fourth-order valence-corrected chi connectivity index (χ4v) is 1.80. The third-order valence-electron chi connectivity index (χ3n) is 3.24. The molecule has 2 N–H and O–H groups in total. The Hall–Kier alpha value is -1.55. The van der Waals surface area contributed by atoms with E-state index in [2.05, 4.69) is 19.2 Å². The molecule has 0 aliphatic carbocycles. The Balaban J connectivity index is 2.49. The molecule has 4 nitrogen and oxygen atoms in total. The lowest BCUT2D eigenvalue weighted by Gasteiger charge is -2.24. The van der Waals surface area contributed by atoms with Crippen molar-refractivity contribution < 1.29 is 14.6 Å². The molecule has 4 heteroatoms. The number of nitrogens with one attached hydrogen (secondary N) is 1. The minimum atomic E-state index is -0.869. The van der Waals surface area contributed by atoms with Gasteiger partial charge in [0.1, 0.15) is 5.75 Å². The fourth-order valence-electron chi connectivity index (χ4n) is 1.80. The summed E-state index contributed by atoms with van der Waals surface area (Å²) in [6.07, 6.45) is 1.61. The Bertz CT molecular complexity index is 424. The molecule has 20 heavy (non-hydrogen) atoms. The van der Waals surface area contributed by atoms with Gasteiger partial charge < -0.3 is 15.2 Å². The van der Waals surface area contributed by atoms with Crippen molar-refractivity contribution in [3.63, 3.8) is 0 Å². The number of carbonyl (C=O) groups is 1. The van der Waals surface area contributed by atoms with E-state index in [0.29, 0.717) is 23.7 Å². The molecule has 1 rings (SSSR count).